The predicted molar refractivity (Wildman–Crippen MR) is 22.2 cm³/mol. The second-order valence-corrected chi connectivity index (χ2v) is 1.36. The molecule has 33 valence electrons. The number of nitrogens with zero attached hydrogens (tertiary/aromatic N) is 1. The van der Waals surface area contributed by atoms with E-state index in [4.69, 9.17) is 0 Å². The lowest BCUT2D eigenvalue weighted by Gasteiger charge is -1.84. The summed E-state index contributed by atoms with van der Waals surface area (Å²) in [6.07, 6.45) is 2.65. The highest BCUT2D eigenvalue weighted by Gasteiger charge is 2.04. The number of hydrogen-bond acceptors (Lipinski definition) is 1. The van der Waals surface area contributed by atoms with Gasteiger partial charge in [-0.05, 0) is 6.42 Å². The molecule has 1 radical (unpaired) electrons. The number of hydrogen-bond donors (Lipinski definition) is 0. The van der Waals surface area contributed by atoms with Gasteiger partial charge in [0.1, 0.15) is 0 Å². The summed E-state index contributed by atoms with van der Waals surface area (Å²) in [7, 11) is 0. The minimum Gasteiger partial charge on any atom is -0.263 e. The molecule has 0 bridgehead atoms. The molecule has 0 saturated carbocycles. The summed E-state index contributed by atoms with van der Waals surface area (Å²) in [5.74, 6) is 0. The third-order valence-electron chi connectivity index (χ3n) is 0.814. The lowest BCUT2D eigenvalue weighted by atomic mass is 10.4. The third-order valence-corrected chi connectivity index (χ3v) is 0.814. The van der Waals surface area contributed by atoms with Gasteiger partial charge in [0.05, 0.1) is 0 Å². The van der Waals surface area contributed by atoms with E-state index < -0.39 is 6.23 Å². The van der Waals surface area contributed by atoms with Gasteiger partial charge in [0.2, 0.25) is 0 Å². The van der Waals surface area contributed by atoms with Gasteiger partial charge in [0.25, 0.3) is 0 Å². The Kier molecular flexibility index (Phi) is 0.881. The van der Waals surface area contributed by atoms with Crippen LogP contribution in [0.1, 0.15) is 12.8 Å². The van der Waals surface area contributed by atoms with Crippen molar-refractivity contribution in [3.63, 3.8) is 0 Å². The van der Waals surface area contributed by atoms with Gasteiger partial charge < -0.3 is 0 Å². The normalized spacial score (nSPS) is 31.8. The molecule has 6 heavy (non-hydrogen) atoms. The van der Waals surface area contributed by atoms with E-state index in [0.29, 0.717) is 6.42 Å². The van der Waals surface area contributed by atoms with Crippen LogP contribution in [0.4, 0.5) is 0 Å². The molecular formula is C4H6NO. The van der Waals surface area contributed by atoms with Crippen molar-refractivity contribution >= 4 is 6.21 Å². The first-order chi connectivity index (χ1) is 2.89. The average Bonchev–Trinajstić information content (AvgIpc) is 1.86. The highest BCUT2D eigenvalue weighted by atomic mass is 16.3. The van der Waals surface area contributed by atoms with Crippen molar-refractivity contribution in [1.82, 2.24) is 0 Å². The zero-order valence-electron chi connectivity index (χ0n) is 3.42. The molecule has 0 fully saturated rings. The van der Waals surface area contributed by atoms with Crippen LogP contribution in [0, 0.1) is 0 Å². The van der Waals surface area contributed by atoms with Gasteiger partial charge in [-0.25, -0.2) is 5.11 Å². The summed E-state index contributed by atoms with van der Waals surface area (Å²) < 4.78 is 0. The van der Waals surface area contributed by atoms with E-state index in [-0.39, 0.29) is 0 Å². The Morgan fingerprint density at radius 1 is 1.83 bits per heavy atom. The summed E-state index contributed by atoms with van der Waals surface area (Å²) in [4.78, 5) is 3.56. The quantitative estimate of drug-likeness (QED) is 0.412. The molecule has 1 aliphatic rings. The minimum absolute atomic E-state index is 0.634. The zero-order chi connectivity index (χ0) is 4.41. The van der Waals surface area contributed by atoms with Crippen LogP contribution in [0.5, 0.6) is 0 Å². The second kappa shape index (κ2) is 1.39. The molecule has 0 N–H and O–H groups in total. The van der Waals surface area contributed by atoms with Gasteiger partial charge in [-0.1, -0.05) is 0 Å². The first-order valence-electron chi connectivity index (χ1n) is 2.07. The van der Waals surface area contributed by atoms with Crippen LogP contribution in [0.3, 0.4) is 0 Å². The van der Waals surface area contributed by atoms with E-state index in [9.17, 15) is 5.11 Å². The molecule has 0 aromatic heterocycles. The molecule has 2 heteroatoms. The molecular weight excluding hydrogens is 78.0 g/mol. The molecule has 0 aromatic carbocycles. The van der Waals surface area contributed by atoms with Gasteiger partial charge in [0, 0.05) is 12.6 Å². The molecule has 0 amide bonds. The highest BCUT2D eigenvalue weighted by molar-refractivity contribution is 5.59. The average molecular weight is 84.1 g/mol. The monoisotopic (exact) mass is 84.0 g/mol. The molecule has 1 atom stereocenters. The van der Waals surface area contributed by atoms with Crippen molar-refractivity contribution < 1.29 is 5.11 Å². The van der Waals surface area contributed by atoms with Crippen LogP contribution >= 0.6 is 0 Å². The Hall–Kier alpha value is -0.370. The van der Waals surface area contributed by atoms with E-state index >= 15 is 0 Å². The molecule has 0 aromatic rings. The van der Waals surface area contributed by atoms with Crippen molar-refractivity contribution in [1.29, 1.82) is 0 Å². The van der Waals surface area contributed by atoms with Crippen molar-refractivity contribution in [3.8, 4) is 0 Å². The molecule has 0 saturated heterocycles. The topological polar surface area (TPSA) is 32.3 Å². The molecule has 0 spiro atoms. The lowest BCUT2D eigenvalue weighted by Crippen LogP contribution is -1.89. The fourth-order valence-electron chi connectivity index (χ4n) is 0.484. The first kappa shape index (κ1) is 3.81. The van der Waals surface area contributed by atoms with Crippen LogP contribution in [0.15, 0.2) is 4.99 Å². The summed E-state index contributed by atoms with van der Waals surface area (Å²) in [6.45, 7) is 0. The Bertz CT molecular complexity index is 69.9. The third kappa shape index (κ3) is 0.571. The lowest BCUT2D eigenvalue weighted by molar-refractivity contribution is 0.0987. The molecule has 1 unspecified atom stereocenters. The zero-order valence-corrected chi connectivity index (χ0v) is 3.42. The summed E-state index contributed by atoms with van der Waals surface area (Å²) in [5.41, 5.74) is 0. The van der Waals surface area contributed by atoms with Crippen LogP contribution in [0.2, 0.25) is 0 Å². The summed E-state index contributed by atoms with van der Waals surface area (Å²) >= 11 is 0. The SMILES string of the molecule is [O]C1CCC=N1. The Labute approximate surface area is 36.5 Å². The minimum atomic E-state index is -0.634. The Balaban J connectivity index is 2.38. The predicted octanol–water partition coefficient (Wildman–Crippen LogP) is 0.608. The van der Waals surface area contributed by atoms with E-state index in [0.717, 1.165) is 6.42 Å². The first-order valence-corrected chi connectivity index (χ1v) is 2.07. The highest BCUT2D eigenvalue weighted by Crippen LogP contribution is 2.02. The largest absolute Gasteiger partial charge is 0.263 e. The van der Waals surface area contributed by atoms with Gasteiger partial charge >= 0.3 is 0 Å². The van der Waals surface area contributed by atoms with Crippen molar-refractivity contribution in [2.24, 2.45) is 4.99 Å². The number of rotatable bonds is 0. The number of aliphatic imine (C=N–C) groups is 1. The van der Waals surface area contributed by atoms with Gasteiger partial charge in [-0.15, -0.1) is 0 Å². The van der Waals surface area contributed by atoms with Gasteiger partial charge in [-0.2, -0.15) is 0 Å². The maximum absolute atomic E-state index is 10.1. The van der Waals surface area contributed by atoms with E-state index in [1.165, 1.54) is 0 Å². The maximum atomic E-state index is 10.1. The molecule has 1 heterocycles. The Morgan fingerprint density at radius 3 is 2.83 bits per heavy atom. The fourth-order valence-corrected chi connectivity index (χ4v) is 0.484. The van der Waals surface area contributed by atoms with Crippen molar-refractivity contribution in [3.05, 3.63) is 0 Å². The second-order valence-electron chi connectivity index (χ2n) is 1.36. The van der Waals surface area contributed by atoms with Gasteiger partial charge in [-0.3, -0.25) is 4.99 Å². The van der Waals surface area contributed by atoms with Crippen LogP contribution in [-0.4, -0.2) is 12.4 Å². The van der Waals surface area contributed by atoms with E-state index in [1.54, 1.807) is 6.21 Å². The smallest absolute Gasteiger partial charge is 0.182 e. The van der Waals surface area contributed by atoms with E-state index in [2.05, 4.69) is 4.99 Å². The van der Waals surface area contributed by atoms with Crippen LogP contribution in [0.25, 0.3) is 0 Å². The van der Waals surface area contributed by atoms with Crippen LogP contribution in [-0.2, 0) is 5.11 Å². The van der Waals surface area contributed by atoms with E-state index in [1.807, 2.05) is 0 Å². The van der Waals surface area contributed by atoms with Gasteiger partial charge in [0.15, 0.2) is 6.23 Å². The van der Waals surface area contributed by atoms with Crippen LogP contribution < -0.4 is 0 Å². The maximum Gasteiger partial charge on any atom is 0.182 e. The summed E-state index contributed by atoms with van der Waals surface area (Å²) in [6, 6.07) is 0. The molecule has 1 rings (SSSR count). The molecule has 0 aliphatic carbocycles. The van der Waals surface area contributed by atoms with Crippen molar-refractivity contribution in [2.45, 2.75) is 19.1 Å². The Morgan fingerprint density at radius 2 is 2.67 bits per heavy atom. The molecule has 2 nitrogen and oxygen atoms in total. The van der Waals surface area contributed by atoms with Crippen molar-refractivity contribution in [2.75, 3.05) is 0 Å². The fraction of sp³-hybridized carbons (Fsp3) is 0.750. The molecule has 1 aliphatic heterocycles. The summed E-state index contributed by atoms with van der Waals surface area (Å²) in [5, 5.41) is 10.1. The standard InChI is InChI=1S/C4H6NO/c6-4-2-1-3-5-4/h3-4H,1-2H2.